The number of rotatable bonds is 7. The Bertz CT molecular complexity index is 1860. The van der Waals surface area contributed by atoms with Gasteiger partial charge >= 0.3 is 0 Å². The van der Waals surface area contributed by atoms with Crippen LogP contribution < -0.4 is 0 Å². The summed E-state index contributed by atoms with van der Waals surface area (Å²) in [7, 11) is 0. The van der Waals surface area contributed by atoms with Crippen LogP contribution >= 0.6 is 0 Å². The van der Waals surface area contributed by atoms with Crippen molar-refractivity contribution in [1.29, 1.82) is 0 Å². The fourth-order valence-electron chi connectivity index (χ4n) is 5.46. The minimum atomic E-state index is 1.17. The van der Waals surface area contributed by atoms with Gasteiger partial charge < -0.3 is 0 Å². The second-order valence-electron chi connectivity index (χ2n) is 10.7. The summed E-state index contributed by atoms with van der Waals surface area (Å²) in [6.07, 6.45) is 17.4. The van der Waals surface area contributed by atoms with Crippen molar-refractivity contribution in [2.45, 2.75) is 13.8 Å². The van der Waals surface area contributed by atoms with E-state index in [1.165, 1.54) is 66.1 Å². The average Bonchev–Trinajstić information content (AvgIpc) is 3.03. The van der Waals surface area contributed by atoms with E-state index in [-0.39, 0.29) is 0 Å². The summed E-state index contributed by atoms with van der Waals surface area (Å²) in [4.78, 5) is 0. The SMILES string of the molecule is C/C=C\c1cc(/C=C\C)cc(-c2cc(/C=C\c3ccc4ccccc4c3)cc(/C=C\c3ccc4ccccc4c3)c2)c1. The molecule has 0 spiro atoms. The smallest absolute Gasteiger partial charge is 0.0172 e. The van der Waals surface area contributed by atoms with Crippen LogP contribution in [-0.2, 0) is 0 Å². The molecule has 42 heavy (non-hydrogen) atoms. The van der Waals surface area contributed by atoms with Crippen LogP contribution in [0, 0.1) is 0 Å². The molecule has 0 atom stereocenters. The van der Waals surface area contributed by atoms with E-state index in [0.29, 0.717) is 0 Å². The fraction of sp³-hybridized carbons (Fsp3) is 0.0476. The molecule has 0 radical (unpaired) electrons. The average molecular weight is 539 g/mol. The van der Waals surface area contributed by atoms with Gasteiger partial charge in [0.15, 0.2) is 0 Å². The van der Waals surface area contributed by atoms with Gasteiger partial charge in [0.25, 0.3) is 0 Å². The Labute approximate surface area is 249 Å². The normalized spacial score (nSPS) is 12.1. The number of allylic oxidation sites excluding steroid dienone is 2. The Kier molecular flexibility index (Phi) is 8.06. The van der Waals surface area contributed by atoms with Gasteiger partial charge in [0.2, 0.25) is 0 Å². The molecule has 0 saturated heterocycles. The zero-order valence-electron chi connectivity index (χ0n) is 24.2. The van der Waals surface area contributed by atoms with E-state index in [4.69, 9.17) is 0 Å². The van der Waals surface area contributed by atoms with Crippen LogP contribution in [0.5, 0.6) is 0 Å². The Hall–Kier alpha value is -5.20. The molecule has 6 rings (SSSR count). The van der Waals surface area contributed by atoms with Crippen LogP contribution in [0.15, 0.2) is 133 Å². The summed E-state index contributed by atoms with van der Waals surface area (Å²) >= 11 is 0. The largest absolute Gasteiger partial charge is 0.0871 e. The van der Waals surface area contributed by atoms with Gasteiger partial charge in [0.1, 0.15) is 0 Å². The lowest BCUT2D eigenvalue weighted by Crippen LogP contribution is -1.87. The first kappa shape index (κ1) is 27.0. The van der Waals surface area contributed by atoms with Crippen molar-refractivity contribution in [2.75, 3.05) is 0 Å². The van der Waals surface area contributed by atoms with E-state index in [2.05, 4.69) is 184 Å². The van der Waals surface area contributed by atoms with Crippen molar-refractivity contribution in [1.82, 2.24) is 0 Å². The lowest BCUT2D eigenvalue weighted by atomic mass is 9.95. The third-order valence-electron chi connectivity index (χ3n) is 7.49. The van der Waals surface area contributed by atoms with E-state index in [0.717, 1.165) is 0 Å². The van der Waals surface area contributed by atoms with Gasteiger partial charge in [-0.25, -0.2) is 0 Å². The molecule has 0 unspecified atom stereocenters. The molecule has 0 N–H and O–H groups in total. The highest BCUT2D eigenvalue weighted by Crippen LogP contribution is 2.29. The van der Waals surface area contributed by atoms with Gasteiger partial charge in [-0.05, 0) is 128 Å². The summed E-state index contributed by atoms with van der Waals surface area (Å²) in [6.45, 7) is 4.13. The zero-order chi connectivity index (χ0) is 28.7. The third-order valence-corrected chi connectivity index (χ3v) is 7.49. The number of benzene rings is 6. The van der Waals surface area contributed by atoms with Crippen molar-refractivity contribution >= 4 is 58.0 Å². The monoisotopic (exact) mass is 538 g/mol. The highest BCUT2D eigenvalue weighted by Gasteiger charge is 2.05. The van der Waals surface area contributed by atoms with Gasteiger partial charge in [-0.2, -0.15) is 0 Å². The molecule has 0 aliphatic heterocycles. The van der Waals surface area contributed by atoms with Gasteiger partial charge in [0.05, 0.1) is 0 Å². The Morgan fingerprint density at radius 1 is 0.310 bits per heavy atom. The Morgan fingerprint density at radius 3 is 1.07 bits per heavy atom. The maximum atomic E-state index is 2.29. The molecule has 0 aliphatic rings. The van der Waals surface area contributed by atoms with E-state index in [1.807, 2.05) is 0 Å². The molecule has 6 aromatic carbocycles. The van der Waals surface area contributed by atoms with Gasteiger partial charge in [-0.3, -0.25) is 0 Å². The first-order chi connectivity index (χ1) is 20.7. The van der Waals surface area contributed by atoms with Crippen molar-refractivity contribution in [3.63, 3.8) is 0 Å². The van der Waals surface area contributed by atoms with Crippen LogP contribution in [0.1, 0.15) is 47.2 Å². The van der Waals surface area contributed by atoms with Gasteiger partial charge in [0, 0.05) is 0 Å². The maximum Gasteiger partial charge on any atom is -0.0172 e. The molecule has 0 amide bonds. The molecule has 0 fully saturated rings. The maximum absolute atomic E-state index is 2.29. The topological polar surface area (TPSA) is 0 Å². The molecule has 0 aromatic heterocycles. The zero-order valence-corrected chi connectivity index (χ0v) is 24.2. The summed E-state index contributed by atoms with van der Waals surface area (Å²) in [5.74, 6) is 0. The van der Waals surface area contributed by atoms with E-state index in [9.17, 15) is 0 Å². The first-order valence-corrected chi connectivity index (χ1v) is 14.6. The molecule has 0 saturated carbocycles. The highest BCUT2D eigenvalue weighted by atomic mass is 14.1. The molecule has 202 valence electrons. The number of hydrogen-bond acceptors (Lipinski definition) is 0. The Balaban J connectivity index is 1.42. The third kappa shape index (κ3) is 6.40. The molecule has 0 bridgehead atoms. The molecule has 0 heteroatoms. The van der Waals surface area contributed by atoms with Crippen molar-refractivity contribution in [2.24, 2.45) is 0 Å². The minimum absolute atomic E-state index is 1.17. The van der Waals surface area contributed by atoms with Crippen LogP contribution in [-0.4, -0.2) is 0 Å². The lowest BCUT2D eigenvalue weighted by molar-refractivity contribution is 1.54. The molecule has 0 heterocycles. The van der Waals surface area contributed by atoms with Crippen LogP contribution in [0.3, 0.4) is 0 Å². The standard InChI is InChI=1S/C42H34/c1-3-9-33-23-34(10-4-2)28-41(27-33)42-29-35(17-15-31-19-21-37-11-5-7-13-39(37)25-31)24-36(30-42)18-16-32-20-22-38-12-6-8-14-40(38)26-32/h3-30H,1-2H3/b9-3-,10-4-,17-15-,18-16-. The Morgan fingerprint density at radius 2 is 0.667 bits per heavy atom. The summed E-state index contributed by atoms with van der Waals surface area (Å²) in [5, 5.41) is 5.03. The highest BCUT2D eigenvalue weighted by molar-refractivity contribution is 5.88. The molecule has 0 nitrogen and oxygen atoms in total. The first-order valence-electron chi connectivity index (χ1n) is 14.6. The second kappa shape index (κ2) is 12.5. The number of fused-ring (bicyclic) bond motifs is 2. The van der Waals surface area contributed by atoms with E-state index >= 15 is 0 Å². The molecular formula is C42H34. The lowest BCUT2D eigenvalue weighted by Gasteiger charge is -2.10. The predicted octanol–water partition coefficient (Wildman–Crippen LogP) is 12.1. The van der Waals surface area contributed by atoms with Crippen molar-refractivity contribution in [3.8, 4) is 11.1 Å². The predicted molar refractivity (Wildman–Crippen MR) is 187 cm³/mol. The van der Waals surface area contributed by atoms with Crippen molar-refractivity contribution in [3.05, 3.63) is 167 Å². The van der Waals surface area contributed by atoms with Crippen molar-refractivity contribution < 1.29 is 0 Å². The molecule has 6 aromatic rings. The minimum Gasteiger partial charge on any atom is -0.0871 e. The quantitative estimate of drug-likeness (QED) is 0.177. The molecular weight excluding hydrogens is 504 g/mol. The van der Waals surface area contributed by atoms with Crippen LogP contribution in [0.25, 0.3) is 69.1 Å². The van der Waals surface area contributed by atoms with E-state index < -0.39 is 0 Å². The fourth-order valence-corrected chi connectivity index (χ4v) is 5.46. The van der Waals surface area contributed by atoms with Gasteiger partial charge in [-0.15, -0.1) is 0 Å². The summed E-state index contributed by atoms with van der Waals surface area (Å²) in [5.41, 5.74) is 9.54. The van der Waals surface area contributed by atoms with Crippen LogP contribution in [0.2, 0.25) is 0 Å². The van der Waals surface area contributed by atoms with Gasteiger partial charge in [-0.1, -0.05) is 121 Å². The van der Waals surface area contributed by atoms with Crippen LogP contribution in [0.4, 0.5) is 0 Å². The summed E-state index contributed by atoms with van der Waals surface area (Å²) < 4.78 is 0. The van der Waals surface area contributed by atoms with E-state index in [1.54, 1.807) is 0 Å². The summed E-state index contributed by atoms with van der Waals surface area (Å²) in [6, 6.07) is 43.9. The molecule has 0 aliphatic carbocycles. The number of hydrogen-bond donors (Lipinski definition) is 0. The second-order valence-corrected chi connectivity index (χ2v) is 10.7.